The fourth-order valence-corrected chi connectivity index (χ4v) is 6.79. The van der Waals surface area contributed by atoms with Gasteiger partial charge in [-0.05, 0) is 57.8 Å². The number of aromatic nitrogens is 1. The largest absolute Gasteiger partial charge is 0.354 e. The highest BCUT2D eigenvalue weighted by Gasteiger charge is 2.14. The predicted octanol–water partition coefficient (Wildman–Crippen LogP) is 10.2. The Balaban J connectivity index is 1.37. The van der Waals surface area contributed by atoms with Gasteiger partial charge in [0, 0.05) is 42.0 Å². The first-order valence-electron chi connectivity index (χ1n) is 12.3. The van der Waals surface area contributed by atoms with E-state index < -0.39 is 0 Å². The first-order chi connectivity index (χ1) is 17.8. The number of benzene rings is 6. The highest BCUT2D eigenvalue weighted by molar-refractivity contribution is 7.26. The third kappa shape index (κ3) is 2.89. The zero-order valence-corrected chi connectivity index (χ0v) is 20.3. The minimum absolute atomic E-state index is 1.17. The lowest BCUT2D eigenvalue weighted by molar-refractivity contribution is 1.54. The molecular formula is C34H21NS. The van der Waals surface area contributed by atoms with E-state index in [9.17, 15) is 0 Å². The third-order valence-corrected chi connectivity index (χ3v) is 8.55. The second-order valence-corrected chi connectivity index (χ2v) is 10.5. The van der Waals surface area contributed by atoms with Gasteiger partial charge in [0.15, 0.2) is 0 Å². The van der Waals surface area contributed by atoms with Crippen LogP contribution in [-0.2, 0) is 0 Å². The van der Waals surface area contributed by atoms with Gasteiger partial charge < -0.3 is 4.98 Å². The second kappa shape index (κ2) is 7.55. The molecule has 0 radical (unpaired) electrons. The van der Waals surface area contributed by atoms with E-state index in [0.29, 0.717) is 0 Å². The molecule has 2 heteroatoms. The number of para-hydroxylation sites is 1. The zero-order chi connectivity index (χ0) is 23.6. The van der Waals surface area contributed by atoms with E-state index in [4.69, 9.17) is 0 Å². The quantitative estimate of drug-likeness (QED) is 0.256. The molecule has 0 atom stereocenters. The van der Waals surface area contributed by atoms with Crippen molar-refractivity contribution in [2.24, 2.45) is 0 Å². The third-order valence-electron chi connectivity index (χ3n) is 7.41. The topological polar surface area (TPSA) is 15.8 Å². The maximum Gasteiger partial charge on any atom is 0.0544 e. The number of hydrogen-bond donors (Lipinski definition) is 1. The Bertz CT molecular complexity index is 2090. The van der Waals surface area contributed by atoms with Gasteiger partial charge in [0.05, 0.1) is 5.52 Å². The summed E-state index contributed by atoms with van der Waals surface area (Å²) < 4.78 is 2.68. The van der Waals surface area contributed by atoms with Crippen LogP contribution in [0.3, 0.4) is 0 Å². The Morgan fingerprint density at radius 1 is 0.472 bits per heavy atom. The Morgan fingerprint density at radius 3 is 2.19 bits per heavy atom. The van der Waals surface area contributed by atoms with Crippen LogP contribution in [-0.4, -0.2) is 4.98 Å². The maximum absolute atomic E-state index is 3.74. The summed E-state index contributed by atoms with van der Waals surface area (Å²) >= 11 is 1.88. The van der Waals surface area contributed by atoms with Crippen LogP contribution < -0.4 is 0 Å². The highest BCUT2D eigenvalue weighted by atomic mass is 32.1. The molecule has 0 saturated carbocycles. The second-order valence-electron chi connectivity index (χ2n) is 9.45. The Hall–Kier alpha value is -4.40. The zero-order valence-electron chi connectivity index (χ0n) is 19.5. The van der Waals surface area contributed by atoms with Crippen molar-refractivity contribution in [3.63, 3.8) is 0 Å². The number of aromatic amines is 1. The predicted molar refractivity (Wildman–Crippen MR) is 157 cm³/mol. The maximum atomic E-state index is 3.74. The number of H-pyrrole nitrogens is 1. The van der Waals surface area contributed by atoms with Crippen molar-refractivity contribution in [2.45, 2.75) is 0 Å². The van der Waals surface area contributed by atoms with Gasteiger partial charge in [-0.2, -0.15) is 0 Å². The van der Waals surface area contributed by atoms with Crippen molar-refractivity contribution in [1.82, 2.24) is 4.98 Å². The molecule has 2 heterocycles. The summed E-state index contributed by atoms with van der Waals surface area (Å²) in [6.07, 6.45) is 0. The average molecular weight is 476 g/mol. The van der Waals surface area contributed by atoms with Crippen LogP contribution in [0.5, 0.6) is 0 Å². The van der Waals surface area contributed by atoms with Gasteiger partial charge in [-0.25, -0.2) is 0 Å². The molecule has 0 amide bonds. The van der Waals surface area contributed by atoms with Crippen molar-refractivity contribution in [1.29, 1.82) is 0 Å². The Morgan fingerprint density at radius 2 is 1.25 bits per heavy atom. The van der Waals surface area contributed by atoms with Crippen molar-refractivity contribution >= 4 is 64.1 Å². The van der Waals surface area contributed by atoms with Crippen molar-refractivity contribution in [3.05, 3.63) is 121 Å². The smallest absolute Gasteiger partial charge is 0.0544 e. The molecule has 0 bridgehead atoms. The summed E-state index contributed by atoms with van der Waals surface area (Å²) in [7, 11) is 0. The molecule has 0 spiro atoms. The summed E-state index contributed by atoms with van der Waals surface area (Å²) in [6, 6.07) is 44.2. The normalized spacial score (nSPS) is 11.9. The molecule has 1 N–H and O–H groups in total. The Kier molecular flexibility index (Phi) is 4.16. The fraction of sp³-hybridized carbons (Fsp3) is 0. The molecule has 0 aliphatic rings. The van der Waals surface area contributed by atoms with Gasteiger partial charge in [-0.3, -0.25) is 0 Å². The lowest BCUT2D eigenvalue weighted by Gasteiger charge is -2.06. The van der Waals surface area contributed by atoms with Crippen LogP contribution in [0.2, 0.25) is 0 Å². The van der Waals surface area contributed by atoms with E-state index in [-0.39, 0.29) is 0 Å². The summed E-state index contributed by atoms with van der Waals surface area (Å²) in [5, 5.41) is 7.86. The summed E-state index contributed by atoms with van der Waals surface area (Å²) in [5.74, 6) is 0. The molecular weight excluding hydrogens is 454 g/mol. The minimum atomic E-state index is 1.17. The fourth-order valence-electron chi connectivity index (χ4n) is 5.69. The summed E-state index contributed by atoms with van der Waals surface area (Å²) in [4.78, 5) is 3.74. The van der Waals surface area contributed by atoms with Crippen LogP contribution in [0.4, 0.5) is 0 Å². The highest BCUT2D eigenvalue weighted by Crippen LogP contribution is 2.41. The SMILES string of the molecule is c1ccc(-c2ccc3[nH]c4c(-c5ccc6sc7ccc8ccccc8c7c6c5)cccc4c3c2)cc1. The Labute approximate surface area is 212 Å². The van der Waals surface area contributed by atoms with Crippen LogP contribution in [0, 0.1) is 0 Å². The lowest BCUT2D eigenvalue weighted by atomic mass is 9.98. The summed E-state index contributed by atoms with van der Waals surface area (Å²) in [5.41, 5.74) is 7.34. The molecule has 0 fully saturated rings. The van der Waals surface area contributed by atoms with Crippen LogP contribution in [0.15, 0.2) is 121 Å². The van der Waals surface area contributed by atoms with E-state index in [1.54, 1.807) is 0 Å². The molecule has 2 aromatic heterocycles. The molecule has 0 saturated heterocycles. The molecule has 0 aliphatic heterocycles. The van der Waals surface area contributed by atoms with Crippen LogP contribution in [0.25, 0.3) is 75.0 Å². The molecule has 6 aromatic carbocycles. The number of nitrogens with one attached hydrogen (secondary N) is 1. The van der Waals surface area contributed by atoms with Gasteiger partial charge in [-0.1, -0.05) is 91.0 Å². The van der Waals surface area contributed by atoms with Crippen molar-refractivity contribution < 1.29 is 0 Å². The van der Waals surface area contributed by atoms with Gasteiger partial charge in [0.1, 0.15) is 0 Å². The van der Waals surface area contributed by atoms with Crippen LogP contribution in [0.1, 0.15) is 0 Å². The van der Waals surface area contributed by atoms with E-state index >= 15 is 0 Å². The van der Waals surface area contributed by atoms with Crippen molar-refractivity contribution in [2.75, 3.05) is 0 Å². The van der Waals surface area contributed by atoms with E-state index in [1.165, 1.54) is 75.0 Å². The van der Waals surface area contributed by atoms with Gasteiger partial charge in [-0.15, -0.1) is 11.3 Å². The molecule has 0 unspecified atom stereocenters. The number of thiophene rings is 1. The van der Waals surface area contributed by atoms with E-state index in [0.717, 1.165) is 0 Å². The number of hydrogen-bond acceptors (Lipinski definition) is 1. The molecule has 8 rings (SSSR count). The molecule has 1 nitrogen and oxygen atoms in total. The minimum Gasteiger partial charge on any atom is -0.354 e. The monoisotopic (exact) mass is 475 g/mol. The first kappa shape index (κ1) is 19.9. The van der Waals surface area contributed by atoms with E-state index in [2.05, 4.69) is 126 Å². The molecule has 8 aromatic rings. The molecule has 36 heavy (non-hydrogen) atoms. The standard InChI is InChI=1S/C34H21NS/c1-2-7-21(8-3-1)23-13-16-30-28(19-23)27-12-6-11-26(34(27)35-30)24-15-17-31-29(20-24)33-25-10-5-4-9-22(25)14-18-32(33)36-31/h1-20,35H. The number of rotatable bonds is 2. The van der Waals surface area contributed by atoms with Crippen molar-refractivity contribution in [3.8, 4) is 22.3 Å². The van der Waals surface area contributed by atoms with E-state index in [1.807, 2.05) is 11.3 Å². The average Bonchev–Trinajstić information content (AvgIpc) is 3.51. The van der Waals surface area contributed by atoms with Gasteiger partial charge in [0.25, 0.3) is 0 Å². The number of fused-ring (bicyclic) bond motifs is 8. The molecule has 0 aliphatic carbocycles. The molecule has 168 valence electrons. The van der Waals surface area contributed by atoms with Gasteiger partial charge in [0.2, 0.25) is 0 Å². The lowest BCUT2D eigenvalue weighted by Crippen LogP contribution is -1.81. The summed E-state index contributed by atoms with van der Waals surface area (Å²) in [6.45, 7) is 0. The van der Waals surface area contributed by atoms with Crippen LogP contribution >= 0.6 is 11.3 Å². The van der Waals surface area contributed by atoms with Gasteiger partial charge >= 0.3 is 0 Å². The first-order valence-corrected chi connectivity index (χ1v) is 13.1.